The van der Waals surface area contributed by atoms with E-state index in [9.17, 15) is 15.2 Å². The van der Waals surface area contributed by atoms with E-state index in [1.807, 2.05) is 0 Å². The molecular formula is C23H19BrN8O4. The molecule has 0 saturated heterocycles. The fraction of sp³-hybridized carbons (Fsp3) is 0.0435. The van der Waals surface area contributed by atoms with Crippen molar-refractivity contribution in [3.8, 4) is 11.5 Å². The summed E-state index contributed by atoms with van der Waals surface area (Å²) in [5, 5.41) is 31.1. The molecular weight excluding hydrogens is 532 g/mol. The lowest BCUT2D eigenvalue weighted by Gasteiger charge is -2.10. The molecule has 0 fully saturated rings. The number of nitro benzene ring substituents is 1. The van der Waals surface area contributed by atoms with Gasteiger partial charge in [0.15, 0.2) is 0 Å². The fourth-order valence-electron chi connectivity index (χ4n) is 2.93. The van der Waals surface area contributed by atoms with Gasteiger partial charge >= 0.3 is 0 Å². The Hall–Kier alpha value is -4.78. The van der Waals surface area contributed by atoms with Crippen LogP contribution in [-0.4, -0.2) is 38.3 Å². The summed E-state index contributed by atoms with van der Waals surface area (Å²) in [6.07, 6.45) is 1.42. The standard InChI is InChI=1S/C23H19BrN8O4/c1-36-19-9-5-17(6-10-19)27-22-28-21(26-16-3-7-18(8-4-16)32(34)35)29-23(30-22)31-25-13-14-12-15(24)2-11-20(14)33/h2-13,33H,1H3,(H3,26,27,28,29,30,31)/b25-13+. The van der Waals surface area contributed by atoms with Crippen molar-refractivity contribution in [2.24, 2.45) is 5.10 Å². The van der Waals surface area contributed by atoms with Crippen LogP contribution >= 0.6 is 15.9 Å². The third-order valence-electron chi connectivity index (χ3n) is 4.67. The summed E-state index contributed by atoms with van der Waals surface area (Å²) in [6.45, 7) is 0. The topological polar surface area (TPSA) is 160 Å². The van der Waals surface area contributed by atoms with Gasteiger partial charge in [-0.2, -0.15) is 20.1 Å². The largest absolute Gasteiger partial charge is 0.507 e. The van der Waals surface area contributed by atoms with Crippen LogP contribution in [0.4, 0.5) is 34.9 Å². The van der Waals surface area contributed by atoms with Gasteiger partial charge in [-0.25, -0.2) is 5.43 Å². The van der Waals surface area contributed by atoms with E-state index in [-0.39, 0.29) is 29.3 Å². The van der Waals surface area contributed by atoms with Crippen molar-refractivity contribution in [3.63, 3.8) is 0 Å². The van der Waals surface area contributed by atoms with Crippen LogP contribution in [0.15, 0.2) is 76.3 Å². The first-order chi connectivity index (χ1) is 17.4. The van der Waals surface area contributed by atoms with E-state index in [4.69, 9.17) is 4.74 Å². The molecule has 4 N–H and O–H groups in total. The molecule has 0 saturated carbocycles. The summed E-state index contributed by atoms with van der Waals surface area (Å²) in [5.41, 5.74) is 4.41. The van der Waals surface area contributed by atoms with Crippen LogP contribution in [0.3, 0.4) is 0 Å². The van der Waals surface area contributed by atoms with Gasteiger partial charge in [-0.1, -0.05) is 15.9 Å². The van der Waals surface area contributed by atoms with Crippen molar-refractivity contribution in [1.82, 2.24) is 15.0 Å². The molecule has 4 aromatic rings. The Morgan fingerprint density at radius 1 is 0.944 bits per heavy atom. The maximum absolute atomic E-state index is 10.9. The summed E-state index contributed by atoms with van der Waals surface area (Å²) in [6, 6.07) is 17.9. The van der Waals surface area contributed by atoms with Crippen LogP contribution in [0.5, 0.6) is 11.5 Å². The first-order valence-electron chi connectivity index (χ1n) is 10.4. The summed E-state index contributed by atoms with van der Waals surface area (Å²) >= 11 is 3.35. The van der Waals surface area contributed by atoms with Gasteiger partial charge in [0.25, 0.3) is 5.69 Å². The molecule has 0 aliphatic rings. The molecule has 0 amide bonds. The molecule has 0 spiro atoms. The predicted octanol–water partition coefficient (Wildman–Crippen LogP) is 5.19. The van der Waals surface area contributed by atoms with Gasteiger partial charge in [0, 0.05) is 33.5 Å². The lowest BCUT2D eigenvalue weighted by molar-refractivity contribution is -0.384. The van der Waals surface area contributed by atoms with Gasteiger partial charge in [-0.3, -0.25) is 10.1 Å². The number of methoxy groups -OCH3 is 1. The van der Waals surface area contributed by atoms with Crippen LogP contribution in [0.1, 0.15) is 5.56 Å². The van der Waals surface area contributed by atoms with Crippen molar-refractivity contribution in [2.75, 3.05) is 23.2 Å². The number of ether oxygens (including phenoxy) is 1. The summed E-state index contributed by atoms with van der Waals surface area (Å²) in [5.74, 6) is 1.24. The number of nitro groups is 1. The van der Waals surface area contributed by atoms with Crippen molar-refractivity contribution in [3.05, 3.63) is 86.9 Å². The van der Waals surface area contributed by atoms with Crippen LogP contribution in [-0.2, 0) is 0 Å². The van der Waals surface area contributed by atoms with Gasteiger partial charge in [0.05, 0.1) is 18.2 Å². The maximum Gasteiger partial charge on any atom is 0.269 e. The molecule has 36 heavy (non-hydrogen) atoms. The Morgan fingerprint density at radius 2 is 1.53 bits per heavy atom. The Kier molecular flexibility index (Phi) is 7.51. The molecule has 0 unspecified atom stereocenters. The Balaban J connectivity index is 1.59. The number of hydrogen-bond acceptors (Lipinski definition) is 11. The number of non-ortho nitro benzene ring substituents is 1. The number of phenols is 1. The first-order valence-corrected chi connectivity index (χ1v) is 11.1. The second kappa shape index (κ2) is 11.1. The number of phenolic OH excluding ortho intramolecular Hbond substituents is 1. The molecule has 0 radical (unpaired) electrons. The molecule has 13 heteroatoms. The smallest absolute Gasteiger partial charge is 0.269 e. The van der Waals surface area contributed by atoms with Gasteiger partial charge in [-0.15, -0.1) is 0 Å². The van der Waals surface area contributed by atoms with E-state index in [0.29, 0.717) is 22.7 Å². The number of aromatic hydroxyl groups is 1. The second-order valence-corrected chi connectivity index (χ2v) is 8.08. The lowest BCUT2D eigenvalue weighted by atomic mass is 10.2. The number of benzene rings is 3. The van der Waals surface area contributed by atoms with E-state index in [1.54, 1.807) is 55.6 Å². The van der Waals surface area contributed by atoms with Crippen molar-refractivity contribution < 1.29 is 14.8 Å². The second-order valence-electron chi connectivity index (χ2n) is 7.16. The number of nitrogens with zero attached hydrogens (tertiary/aromatic N) is 5. The minimum Gasteiger partial charge on any atom is -0.507 e. The van der Waals surface area contributed by atoms with E-state index in [2.05, 4.69) is 52.0 Å². The highest BCUT2D eigenvalue weighted by Gasteiger charge is 2.10. The highest BCUT2D eigenvalue weighted by Crippen LogP contribution is 2.23. The third-order valence-corrected chi connectivity index (χ3v) is 5.17. The first kappa shape index (κ1) is 24.3. The number of halogens is 1. The molecule has 182 valence electrons. The van der Waals surface area contributed by atoms with Gasteiger partial charge in [0.1, 0.15) is 11.5 Å². The van der Waals surface area contributed by atoms with Crippen LogP contribution in [0.2, 0.25) is 0 Å². The normalized spacial score (nSPS) is 10.7. The number of nitrogens with one attached hydrogen (secondary N) is 3. The van der Waals surface area contributed by atoms with Gasteiger partial charge in [-0.05, 0) is 54.6 Å². The summed E-state index contributed by atoms with van der Waals surface area (Å²) in [4.78, 5) is 23.4. The van der Waals surface area contributed by atoms with Crippen LogP contribution in [0, 0.1) is 10.1 Å². The molecule has 3 aromatic carbocycles. The van der Waals surface area contributed by atoms with E-state index >= 15 is 0 Å². The summed E-state index contributed by atoms with van der Waals surface area (Å²) in [7, 11) is 1.58. The average Bonchev–Trinajstić information content (AvgIpc) is 2.87. The van der Waals surface area contributed by atoms with Crippen molar-refractivity contribution in [1.29, 1.82) is 0 Å². The highest BCUT2D eigenvalue weighted by molar-refractivity contribution is 9.10. The van der Waals surface area contributed by atoms with Crippen molar-refractivity contribution in [2.45, 2.75) is 0 Å². The molecule has 12 nitrogen and oxygen atoms in total. The number of rotatable bonds is 9. The minimum absolute atomic E-state index is 0.0365. The number of anilines is 5. The zero-order chi connectivity index (χ0) is 25.5. The number of hydrogen-bond donors (Lipinski definition) is 4. The van der Waals surface area contributed by atoms with Gasteiger partial charge < -0.3 is 20.5 Å². The Bertz CT molecular complexity index is 1400. The molecule has 4 rings (SSSR count). The minimum atomic E-state index is -0.479. The highest BCUT2D eigenvalue weighted by atomic mass is 79.9. The Morgan fingerprint density at radius 3 is 2.11 bits per heavy atom. The van der Waals surface area contributed by atoms with Crippen LogP contribution < -0.4 is 20.8 Å². The predicted molar refractivity (Wildman–Crippen MR) is 140 cm³/mol. The quantitative estimate of drug-likeness (QED) is 0.124. The monoisotopic (exact) mass is 550 g/mol. The summed E-state index contributed by atoms with van der Waals surface area (Å²) < 4.78 is 5.96. The molecule has 0 atom stereocenters. The molecule has 1 heterocycles. The Labute approximate surface area is 213 Å². The van der Waals surface area contributed by atoms with Crippen LogP contribution in [0.25, 0.3) is 0 Å². The lowest BCUT2D eigenvalue weighted by Crippen LogP contribution is -2.07. The SMILES string of the molecule is COc1ccc(Nc2nc(N/N=C/c3cc(Br)ccc3O)nc(Nc3ccc([N+](=O)[O-])cc3)n2)cc1. The van der Waals surface area contributed by atoms with Crippen molar-refractivity contribution >= 4 is 57.1 Å². The fourth-order valence-corrected chi connectivity index (χ4v) is 3.30. The average molecular weight is 551 g/mol. The van der Waals surface area contributed by atoms with E-state index in [1.165, 1.54) is 24.4 Å². The third kappa shape index (κ3) is 6.42. The number of hydrazone groups is 1. The molecule has 0 bridgehead atoms. The van der Waals surface area contributed by atoms with E-state index < -0.39 is 4.92 Å². The molecule has 0 aliphatic carbocycles. The maximum atomic E-state index is 10.9. The number of aromatic nitrogens is 3. The van der Waals surface area contributed by atoms with E-state index in [0.717, 1.165) is 4.47 Å². The zero-order valence-electron chi connectivity index (χ0n) is 18.7. The van der Waals surface area contributed by atoms with Gasteiger partial charge in [0.2, 0.25) is 17.8 Å². The molecule has 0 aliphatic heterocycles. The zero-order valence-corrected chi connectivity index (χ0v) is 20.3. The molecule has 1 aromatic heterocycles.